The van der Waals surface area contributed by atoms with Gasteiger partial charge in [0.05, 0.1) is 12.6 Å². The van der Waals surface area contributed by atoms with Crippen molar-refractivity contribution in [3.8, 4) is 0 Å². The second-order valence-electron chi connectivity index (χ2n) is 6.58. The second-order valence-corrected chi connectivity index (χ2v) is 7.60. The summed E-state index contributed by atoms with van der Waals surface area (Å²) in [6.45, 7) is 6.96. The normalized spacial score (nSPS) is 25.9. The van der Waals surface area contributed by atoms with Crippen LogP contribution in [0.1, 0.15) is 33.6 Å². The number of halogens is 1. The number of ether oxygens (including phenoxy) is 2. The second kappa shape index (κ2) is 6.48. The van der Waals surface area contributed by atoms with Gasteiger partial charge in [-0.05, 0) is 27.2 Å². The summed E-state index contributed by atoms with van der Waals surface area (Å²) in [4.78, 5) is 18.7. The van der Waals surface area contributed by atoms with Crippen LogP contribution >= 0.6 is 15.9 Å². The first-order valence-corrected chi connectivity index (χ1v) is 7.99. The molecular formula is C15H23BrN2O3. The number of amides is 1. The number of aliphatic imine (C=N–C) groups is 1. The van der Waals surface area contributed by atoms with E-state index in [1.54, 1.807) is 12.0 Å². The Morgan fingerprint density at radius 2 is 2.24 bits per heavy atom. The summed E-state index contributed by atoms with van der Waals surface area (Å²) < 4.78 is 11.8. The molecule has 0 saturated carbocycles. The molecule has 5 nitrogen and oxygen atoms in total. The minimum absolute atomic E-state index is 0.00583. The van der Waals surface area contributed by atoms with Crippen LogP contribution in [0.15, 0.2) is 15.7 Å². The molecule has 0 aromatic heterocycles. The summed E-state index contributed by atoms with van der Waals surface area (Å²) >= 11 is 3.46. The van der Waals surface area contributed by atoms with Crippen LogP contribution in [0.3, 0.4) is 0 Å². The van der Waals surface area contributed by atoms with Gasteiger partial charge in [-0.15, -0.1) is 0 Å². The van der Waals surface area contributed by atoms with Crippen LogP contribution in [0.4, 0.5) is 4.79 Å². The Morgan fingerprint density at radius 3 is 2.76 bits per heavy atom. The third-order valence-electron chi connectivity index (χ3n) is 3.52. The Hall–Kier alpha value is -0.880. The molecule has 0 aromatic carbocycles. The Morgan fingerprint density at radius 1 is 1.52 bits per heavy atom. The number of likely N-dealkylation sites (tertiary alicyclic amines) is 1. The summed E-state index contributed by atoms with van der Waals surface area (Å²) in [7, 11) is 1.69. The van der Waals surface area contributed by atoms with Gasteiger partial charge in [-0.2, -0.15) is 0 Å². The maximum atomic E-state index is 12.4. The van der Waals surface area contributed by atoms with E-state index in [1.165, 1.54) is 0 Å². The van der Waals surface area contributed by atoms with Crippen molar-refractivity contribution < 1.29 is 14.3 Å². The zero-order chi connectivity index (χ0) is 15.6. The van der Waals surface area contributed by atoms with Gasteiger partial charge >= 0.3 is 6.09 Å². The average molecular weight is 359 g/mol. The SMILES string of the molecule is COC[C@H]1C[C@@H](C2=NC=C(Br)C2)N(C(=O)OC(C)(C)C)C1. The first kappa shape index (κ1) is 16.5. The van der Waals surface area contributed by atoms with Gasteiger partial charge in [-0.1, -0.05) is 15.9 Å². The maximum Gasteiger partial charge on any atom is 0.410 e. The van der Waals surface area contributed by atoms with Gasteiger partial charge < -0.3 is 9.47 Å². The van der Waals surface area contributed by atoms with Crippen LogP contribution in [0.2, 0.25) is 0 Å². The number of carbonyl (C=O) groups excluding carboxylic acids is 1. The highest BCUT2D eigenvalue weighted by Gasteiger charge is 2.40. The molecule has 2 aliphatic rings. The quantitative estimate of drug-likeness (QED) is 0.777. The smallest absolute Gasteiger partial charge is 0.410 e. The molecule has 2 rings (SSSR count). The van der Waals surface area contributed by atoms with Crippen LogP contribution < -0.4 is 0 Å². The third kappa shape index (κ3) is 4.30. The molecule has 0 bridgehead atoms. The molecule has 0 radical (unpaired) electrons. The van der Waals surface area contributed by atoms with E-state index in [1.807, 2.05) is 27.0 Å². The van der Waals surface area contributed by atoms with E-state index in [0.717, 1.165) is 23.0 Å². The van der Waals surface area contributed by atoms with Gasteiger partial charge in [0, 0.05) is 42.4 Å². The molecular weight excluding hydrogens is 336 g/mol. The topological polar surface area (TPSA) is 51.1 Å². The van der Waals surface area contributed by atoms with E-state index in [0.29, 0.717) is 19.1 Å². The molecule has 2 heterocycles. The number of hydrogen-bond donors (Lipinski definition) is 0. The lowest BCUT2D eigenvalue weighted by Gasteiger charge is -2.28. The van der Waals surface area contributed by atoms with Crippen molar-refractivity contribution in [1.29, 1.82) is 0 Å². The average Bonchev–Trinajstić information content (AvgIpc) is 2.93. The minimum atomic E-state index is -0.489. The van der Waals surface area contributed by atoms with Gasteiger partial charge in [0.25, 0.3) is 0 Å². The van der Waals surface area contributed by atoms with Crippen LogP contribution in [0.25, 0.3) is 0 Å². The molecule has 0 N–H and O–H groups in total. The van der Waals surface area contributed by atoms with Gasteiger partial charge in [0.2, 0.25) is 0 Å². The highest BCUT2D eigenvalue weighted by Crippen LogP contribution is 2.31. The molecule has 1 fully saturated rings. The van der Waals surface area contributed by atoms with Crippen LogP contribution in [0.5, 0.6) is 0 Å². The summed E-state index contributed by atoms with van der Waals surface area (Å²) in [5.74, 6) is 0.328. The fourth-order valence-corrected chi connectivity index (χ4v) is 3.13. The summed E-state index contributed by atoms with van der Waals surface area (Å²) in [5, 5.41) is 0. The van der Waals surface area contributed by atoms with Gasteiger partial charge in [-0.3, -0.25) is 9.89 Å². The van der Waals surface area contributed by atoms with E-state index < -0.39 is 5.60 Å². The van der Waals surface area contributed by atoms with E-state index in [4.69, 9.17) is 9.47 Å². The molecule has 2 atom stereocenters. The number of carbonyl (C=O) groups is 1. The van der Waals surface area contributed by atoms with Crippen molar-refractivity contribution in [3.63, 3.8) is 0 Å². The summed E-state index contributed by atoms with van der Waals surface area (Å²) in [6, 6.07) is 0.00583. The van der Waals surface area contributed by atoms with E-state index in [2.05, 4.69) is 20.9 Å². The largest absolute Gasteiger partial charge is 0.444 e. The molecule has 0 spiro atoms. The number of rotatable bonds is 3. The summed E-state index contributed by atoms with van der Waals surface area (Å²) in [5.41, 5.74) is 0.531. The third-order valence-corrected chi connectivity index (χ3v) is 4.01. The molecule has 118 valence electrons. The molecule has 1 saturated heterocycles. The molecule has 0 aromatic rings. The van der Waals surface area contributed by atoms with Crippen molar-refractivity contribution in [1.82, 2.24) is 4.90 Å². The Balaban J connectivity index is 2.10. The lowest BCUT2D eigenvalue weighted by atomic mass is 10.0. The van der Waals surface area contributed by atoms with Crippen molar-refractivity contribution in [3.05, 3.63) is 10.7 Å². The standard InChI is InChI=1S/C15H23BrN2O3/c1-15(2,3)21-14(19)18-8-10(9-20-4)5-13(18)12-6-11(16)7-17-12/h7,10,13H,5-6,8-9H2,1-4H3/t10-,13-/m0/s1. The fourth-order valence-electron chi connectivity index (χ4n) is 2.74. The van der Waals surface area contributed by atoms with Crippen molar-refractivity contribution >= 4 is 27.7 Å². The Bertz CT molecular complexity index is 468. The molecule has 6 heteroatoms. The van der Waals surface area contributed by atoms with E-state index in [9.17, 15) is 4.79 Å². The monoisotopic (exact) mass is 358 g/mol. The summed E-state index contributed by atoms with van der Waals surface area (Å²) in [6.07, 6.45) is 3.19. The van der Waals surface area contributed by atoms with Crippen LogP contribution in [-0.4, -0.2) is 48.6 Å². The van der Waals surface area contributed by atoms with Crippen LogP contribution in [-0.2, 0) is 9.47 Å². The lowest BCUT2D eigenvalue weighted by molar-refractivity contribution is 0.0252. The van der Waals surface area contributed by atoms with Crippen molar-refractivity contribution in [2.75, 3.05) is 20.3 Å². The minimum Gasteiger partial charge on any atom is -0.444 e. The first-order chi connectivity index (χ1) is 9.80. The number of nitrogens with zero attached hydrogens (tertiary/aromatic N) is 2. The zero-order valence-electron chi connectivity index (χ0n) is 13.1. The van der Waals surface area contributed by atoms with Gasteiger partial charge in [0.1, 0.15) is 5.60 Å². The molecule has 2 aliphatic heterocycles. The number of allylic oxidation sites excluding steroid dienone is 1. The Kier molecular flexibility index (Phi) is 5.09. The lowest BCUT2D eigenvalue weighted by Crippen LogP contribution is -2.43. The number of hydrogen-bond acceptors (Lipinski definition) is 4. The maximum absolute atomic E-state index is 12.4. The highest BCUT2D eigenvalue weighted by molar-refractivity contribution is 9.11. The van der Waals surface area contributed by atoms with E-state index >= 15 is 0 Å². The van der Waals surface area contributed by atoms with Crippen molar-refractivity contribution in [2.24, 2.45) is 10.9 Å². The van der Waals surface area contributed by atoms with Gasteiger partial charge in [-0.25, -0.2) is 4.79 Å². The number of methoxy groups -OCH3 is 1. The highest BCUT2D eigenvalue weighted by atomic mass is 79.9. The zero-order valence-corrected chi connectivity index (χ0v) is 14.6. The van der Waals surface area contributed by atoms with E-state index in [-0.39, 0.29) is 12.1 Å². The molecule has 0 aliphatic carbocycles. The fraction of sp³-hybridized carbons (Fsp3) is 0.733. The predicted octanol–water partition coefficient (Wildman–Crippen LogP) is 3.34. The first-order valence-electron chi connectivity index (χ1n) is 7.20. The molecule has 0 unspecified atom stereocenters. The predicted molar refractivity (Wildman–Crippen MR) is 85.8 cm³/mol. The Labute approximate surface area is 134 Å². The molecule has 21 heavy (non-hydrogen) atoms. The van der Waals surface area contributed by atoms with Crippen LogP contribution in [0, 0.1) is 5.92 Å². The molecule has 1 amide bonds. The van der Waals surface area contributed by atoms with Gasteiger partial charge in [0.15, 0.2) is 0 Å². The van der Waals surface area contributed by atoms with Crippen molar-refractivity contribution in [2.45, 2.75) is 45.3 Å².